The Labute approximate surface area is 144 Å². The molecule has 4 nitrogen and oxygen atoms in total. The molecule has 0 spiro atoms. The van der Waals surface area contributed by atoms with E-state index >= 15 is 0 Å². The van der Waals surface area contributed by atoms with E-state index in [9.17, 15) is 8.42 Å². The normalized spacial score (nSPS) is 19.6. The predicted molar refractivity (Wildman–Crippen MR) is 98.6 cm³/mol. The minimum absolute atomic E-state index is 0.346. The van der Waals surface area contributed by atoms with Crippen molar-refractivity contribution in [1.82, 2.24) is 9.62 Å². The molecule has 1 saturated heterocycles. The van der Waals surface area contributed by atoms with Gasteiger partial charge in [0.05, 0.1) is 4.90 Å². The first kappa shape index (κ1) is 17.4. The van der Waals surface area contributed by atoms with Gasteiger partial charge in [0, 0.05) is 13.1 Å². The molecule has 0 aliphatic carbocycles. The summed E-state index contributed by atoms with van der Waals surface area (Å²) in [5.41, 5.74) is 0. The minimum Gasteiger partial charge on any atom is -0.306 e. The summed E-state index contributed by atoms with van der Waals surface area (Å²) < 4.78 is 27.7. The van der Waals surface area contributed by atoms with E-state index in [0.717, 1.165) is 30.2 Å². The average Bonchev–Trinajstić information content (AvgIpc) is 2.58. The fraction of sp³-hybridized carbons (Fsp3) is 0.474. The lowest BCUT2D eigenvalue weighted by Gasteiger charge is -2.29. The highest BCUT2D eigenvalue weighted by molar-refractivity contribution is 7.89. The lowest BCUT2D eigenvalue weighted by atomic mass is 9.94. The highest BCUT2D eigenvalue weighted by Gasteiger charge is 2.18. The molecule has 3 rings (SSSR count). The number of hydrogen-bond acceptors (Lipinski definition) is 3. The first-order valence-corrected chi connectivity index (χ1v) is 10.2. The van der Waals surface area contributed by atoms with E-state index in [-0.39, 0.29) is 0 Å². The Morgan fingerprint density at radius 3 is 2.75 bits per heavy atom. The number of nitrogens with zero attached hydrogens (tertiary/aromatic N) is 1. The van der Waals surface area contributed by atoms with Crippen LogP contribution in [0.3, 0.4) is 0 Å². The van der Waals surface area contributed by atoms with Gasteiger partial charge in [-0.2, -0.15) is 0 Å². The molecule has 0 radical (unpaired) electrons. The molecular weight excluding hydrogens is 320 g/mol. The fourth-order valence-electron chi connectivity index (χ4n) is 3.52. The second-order valence-corrected chi connectivity index (χ2v) is 8.59. The average molecular weight is 346 g/mol. The number of piperidine rings is 1. The Kier molecular flexibility index (Phi) is 5.54. The quantitative estimate of drug-likeness (QED) is 0.817. The molecule has 1 N–H and O–H groups in total. The molecule has 0 amide bonds. The Morgan fingerprint density at radius 2 is 1.96 bits per heavy atom. The van der Waals surface area contributed by atoms with E-state index in [1.807, 2.05) is 30.3 Å². The summed E-state index contributed by atoms with van der Waals surface area (Å²) in [5, 5.41) is 2.00. The first-order valence-electron chi connectivity index (χ1n) is 8.71. The Morgan fingerprint density at radius 1 is 1.17 bits per heavy atom. The number of nitrogens with one attached hydrogen (secondary N) is 1. The van der Waals surface area contributed by atoms with Crippen molar-refractivity contribution in [3.8, 4) is 0 Å². The lowest BCUT2D eigenvalue weighted by molar-refractivity contribution is 0.200. The monoisotopic (exact) mass is 346 g/mol. The summed E-state index contributed by atoms with van der Waals surface area (Å²) >= 11 is 0. The van der Waals surface area contributed by atoms with Crippen LogP contribution in [0, 0.1) is 5.92 Å². The highest BCUT2D eigenvalue weighted by atomic mass is 32.2. The molecule has 1 fully saturated rings. The fourth-order valence-corrected chi connectivity index (χ4v) is 4.63. The summed E-state index contributed by atoms with van der Waals surface area (Å²) in [4.78, 5) is 2.71. The van der Waals surface area contributed by atoms with E-state index in [1.54, 1.807) is 12.1 Å². The summed E-state index contributed by atoms with van der Waals surface area (Å²) in [6.45, 7) is 2.83. The van der Waals surface area contributed by atoms with E-state index in [4.69, 9.17) is 0 Å². The third kappa shape index (κ3) is 4.35. The number of benzene rings is 2. The SMILES string of the molecule is CN1CCCC(CCCNS(=O)(=O)c2ccc3ccccc3c2)C1. The van der Waals surface area contributed by atoms with Gasteiger partial charge in [-0.05, 0) is 68.1 Å². The molecule has 0 bridgehead atoms. The van der Waals surface area contributed by atoms with Gasteiger partial charge < -0.3 is 4.90 Å². The van der Waals surface area contributed by atoms with Crippen molar-refractivity contribution in [2.75, 3.05) is 26.7 Å². The van der Waals surface area contributed by atoms with Crippen molar-refractivity contribution < 1.29 is 8.42 Å². The second-order valence-electron chi connectivity index (χ2n) is 6.82. The van der Waals surface area contributed by atoms with E-state index in [1.165, 1.54) is 19.4 Å². The van der Waals surface area contributed by atoms with Crippen molar-refractivity contribution in [3.05, 3.63) is 42.5 Å². The van der Waals surface area contributed by atoms with Gasteiger partial charge in [-0.1, -0.05) is 30.3 Å². The number of rotatable bonds is 6. The second kappa shape index (κ2) is 7.64. The summed E-state index contributed by atoms with van der Waals surface area (Å²) in [5.74, 6) is 0.703. The van der Waals surface area contributed by atoms with Crippen LogP contribution in [-0.2, 0) is 10.0 Å². The Bertz CT molecular complexity index is 789. The minimum atomic E-state index is -3.43. The molecule has 1 heterocycles. The molecule has 2 aromatic rings. The number of hydrogen-bond donors (Lipinski definition) is 1. The molecule has 24 heavy (non-hydrogen) atoms. The van der Waals surface area contributed by atoms with Crippen molar-refractivity contribution >= 4 is 20.8 Å². The van der Waals surface area contributed by atoms with Crippen molar-refractivity contribution in [1.29, 1.82) is 0 Å². The summed E-state index contributed by atoms with van der Waals surface area (Å²) in [6, 6.07) is 13.1. The van der Waals surface area contributed by atoms with E-state index in [2.05, 4.69) is 16.7 Å². The molecule has 1 aliphatic heterocycles. The van der Waals surface area contributed by atoms with Gasteiger partial charge in [-0.25, -0.2) is 13.1 Å². The molecule has 2 aromatic carbocycles. The van der Waals surface area contributed by atoms with E-state index in [0.29, 0.717) is 17.4 Å². The maximum absolute atomic E-state index is 12.5. The molecule has 0 aromatic heterocycles. The maximum atomic E-state index is 12.5. The predicted octanol–water partition coefficient (Wildman–Crippen LogP) is 3.24. The largest absolute Gasteiger partial charge is 0.306 e. The molecule has 1 unspecified atom stereocenters. The van der Waals surface area contributed by atoms with Crippen LogP contribution in [0.15, 0.2) is 47.4 Å². The number of fused-ring (bicyclic) bond motifs is 1. The third-order valence-corrected chi connectivity index (χ3v) is 6.29. The van der Waals surface area contributed by atoms with Gasteiger partial charge in [0.1, 0.15) is 0 Å². The van der Waals surface area contributed by atoms with Gasteiger partial charge in [0.25, 0.3) is 0 Å². The van der Waals surface area contributed by atoms with Crippen LogP contribution in [-0.4, -0.2) is 40.0 Å². The number of sulfonamides is 1. The molecule has 1 aliphatic rings. The molecule has 130 valence electrons. The van der Waals surface area contributed by atoms with Gasteiger partial charge in [-0.3, -0.25) is 0 Å². The van der Waals surface area contributed by atoms with E-state index < -0.39 is 10.0 Å². The zero-order chi connectivity index (χ0) is 17.0. The topological polar surface area (TPSA) is 49.4 Å². The molecule has 5 heteroatoms. The lowest BCUT2D eigenvalue weighted by Crippen LogP contribution is -2.32. The molecular formula is C19H26N2O2S. The Hall–Kier alpha value is -1.43. The maximum Gasteiger partial charge on any atom is 0.240 e. The van der Waals surface area contributed by atoms with Crippen molar-refractivity contribution in [2.24, 2.45) is 5.92 Å². The Balaban J connectivity index is 1.55. The smallest absolute Gasteiger partial charge is 0.240 e. The van der Waals surface area contributed by atoms with Crippen LogP contribution in [0.4, 0.5) is 0 Å². The summed E-state index contributed by atoms with van der Waals surface area (Å²) in [7, 11) is -1.26. The van der Waals surface area contributed by atoms with Crippen LogP contribution in [0.25, 0.3) is 10.8 Å². The van der Waals surface area contributed by atoms with Gasteiger partial charge in [0.15, 0.2) is 0 Å². The zero-order valence-corrected chi connectivity index (χ0v) is 15.1. The summed E-state index contributed by atoms with van der Waals surface area (Å²) in [6.07, 6.45) is 4.50. The first-order chi connectivity index (χ1) is 11.5. The molecule has 0 saturated carbocycles. The van der Waals surface area contributed by atoms with Crippen LogP contribution in [0.2, 0.25) is 0 Å². The van der Waals surface area contributed by atoms with Crippen LogP contribution in [0.1, 0.15) is 25.7 Å². The van der Waals surface area contributed by atoms with Crippen LogP contribution in [0.5, 0.6) is 0 Å². The van der Waals surface area contributed by atoms with Gasteiger partial charge in [0.2, 0.25) is 10.0 Å². The molecule has 1 atom stereocenters. The van der Waals surface area contributed by atoms with Crippen LogP contribution < -0.4 is 4.72 Å². The van der Waals surface area contributed by atoms with Gasteiger partial charge in [-0.15, -0.1) is 0 Å². The van der Waals surface area contributed by atoms with Crippen molar-refractivity contribution in [3.63, 3.8) is 0 Å². The van der Waals surface area contributed by atoms with Crippen molar-refractivity contribution in [2.45, 2.75) is 30.6 Å². The third-order valence-electron chi connectivity index (χ3n) is 4.83. The highest BCUT2D eigenvalue weighted by Crippen LogP contribution is 2.21. The van der Waals surface area contributed by atoms with Gasteiger partial charge >= 0.3 is 0 Å². The number of likely N-dealkylation sites (tertiary alicyclic amines) is 1. The zero-order valence-electron chi connectivity index (χ0n) is 14.2. The standard InChI is InChI=1S/C19H26N2O2S/c1-21-13-5-7-16(15-21)6-4-12-20-24(22,23)19-11-10-17-8-2-3-9-18(17)14-19/h2-3,8-11,14,16,20H,4-7,12-13,15H2,1H3. The van der Waals surface area contributed by atoms with Crippen LogP contribution >= 0.6 is 0 Å².